The Hall–Kier alpha value is -2.39. The molecule has 2 fully saturated rings. The van der Waals surface area contributed by atoms with E-state index in [1.165, 1.54) is 19.3 Å². The van der Waals surface area contributed by atoms with E-state index in [9.17, 15) is 18.0 Å². The van der Waals surface area contributed by atoms with E-state index < -0.39 is 16.9 Å². The second-order valence-corrected chi connectivity index (χ2v) is 8.35. The third-order valence-electron chi connectivity index (χ3n) is 5.79. The summed E-state index contributed by atoms with van der Waals surface area (Å²) in [5, 5.41) is 4.79. The first-order valence-electron chi connectivity index (χ1n) is 10.1. The first kappa shape index (κ1) is 21.8. The van der Waals surface area contributed by atoms with Gasteiger partial charge >= 0.3 is 6.18 Å². The molecule has 10 heteroatoms. The van der Waals surface area contributed by atoms with Gasteiger partial charge in [-0.15, -0.1) is 0 Å². The highest BCUT2D eigenvalue weighted by molar-refractivity contribution is 6.31. The summed E-state index contributed by atoms with van der Waals surface area (Å²) in [6.45, 7) is 0. The molecule has 3 aromatic rings. The van der Waals surface area contributed by atoms with Crippen molar-refractivity contribution in [3.63, 3.8) is 0 Å². The summed E-state index contributed by atoms with van der Waals surface area (Å²) in [5.41, 5.74) is 5.13. The molecule has 31 heavy (non-hydrogen) atoms. The van der Waals surface area contributed by atoms with Crippen LogP contribution in [0.1, 0.15) is 54.6 Å². The molecule has 0 bridgehead atoms. The van der Waals surface area contributed by atoms with Crippen molar-refractivity contribution in [3.05, 3.63) is 56.9 Å². The molecule has 2 N–H and O–H groups in total. The smallest absolute Gasteiger partial charge is 0.333 e. The number of hydrogen-bond acceptors (Lipinski definition) is 4. The van der Waals surface area contributed by atoms with Gasteiger partial charge in [-0.05, 0) is 56.3 Å². The maximum Gasteiger partial charge on any atom is 0.434 e. The molecule has 2 saturated carbocycles. The van der Waals surface area contributed by atoms with E-state index >= 15 is 0 Å². The lowest BCUT2D eigenvalue weighted by atomic mass is 9.90. The van der Waals surface area contributed by atoms with E-state index in [0.717, 1.165) is 36.8 Å². The third-order valence-corrected chi connectivity index (χ3v) is 6.07. The van der Waals surface area contributed by atoms with Crippen molar-refractivity contribution in [3.8, 4) is 0 Å². The van der Waals surface area contributed by atoms with Crippen LogP contribution in [0.2, 0.25) is 5.02 Å². The standard InChI is InChI=1S/C20H18ClF3N4O.CH5N/c1-27-17(13-6-7-28(12-4-5-12)19(29)16(13)26-27)15(10-2-3-10)11-8-14(21)18(25-9-11)20(22,23)24;1-2/h6-10,12,15H,2-5H2,1H3;2H2,1H3. The summed E-state index contributed by atoms with van der Waals surface area (Å²) in [5.74, 6) is 0.0440. The molecular formula is C21H23ClF3N5O. The van der Waals surface area contributed by atoms with E-state index in [1.807, 2.05) is 6.07 Å². The number of rotatable bonds is 4. The lowest BCUT2D eigenvalue weighted by Crippen LogP contribution is -2.18. The number of pyridine rings is 2. The molecule has 3 aromatic heterocycles. The van der Waals surface area contributed by atoms with Gasteiger partial charge in [0.15, 0.2) is 11.2 Å². The number of alkyl halides is 3. The normalized spacial score (nSPS) is 17.4. The first-order valence-corrected chi connectivity index (χ1v) is 10.5. The highest BCUT2D eigenvalue weighted by atomic mass is 35.5. The quantitative estimate of drug-likeness (QED) is 0.640. The Kier molecular flexibility index (Phi) is 5.59. The van der Waals surface area contributed by atoms with Gasteiger partial charge < -0.3 is 10.3 Å². The minimum absolute atomic E-state index is 0.120. The van der Waals surface area contributed by atoms with Crippen LogP contribution in [0.3, 0.4) is 0 Å². The van der Waals surface area contributed by atoms with Crippen LogP contribution in [-0.4, -0.2) is 26.4 Å². The molecule has 166 valence electrons. The molecule has 5 rings (SSSR count). The van der Waals surface area contributed by atoms with Gasteiger partial charge in [0, 0.05) is 36.8 Å². The molecule has 0 radical (unpaired) electrons. The van der Waals surface area contributed by atoms with Gasteiger partial charge in [0.2, 0.25) is 0 Å². The van der Waals surface area contributed by atoms with E-state index in [4.69, 9.17) is 11.6 Å². The fourth-order valence-electron chi connectivity index (χ4n) is 4.14. The van der Waals surface area contributed by atoms with Crippen molar-refractivity contribution >= 4 is 22.5 Å². The van der Waals surface area contributed by atoms with Crippen LogP contribution in [0, 0.1) is 5.92 Å². The zero-order valence-electron chi connectivity index (χ0n) is 17.2. The largest absolute Gasteiger partial charge is 0.434 e. The summed E-state index contributed by atoms with van der Waals surface area (Å²) in [7, 11) is 3.27. The topological polar surface area (TPSA) is 78.7 Å². The van der Waals surface area contributed by atoms with E-state index in [2.05, 4.69) is 15.8 Å². The molecule has 1 atom stereocenters. The van der Waals surface area contributed by atoms with Gasteiger partial charge in [-0.25, -0.2) is 0 Å². The van der Waals surface area contributed by atoms with Gasteiger partial charge in [0.05, 0.1) is 10.7 Å². The molecule has 6 nitrogen and oxygen atoms in total. The third kappa shape index (κ3) is 3.96. The maximum absolute atomic E-state index is 13.1. The summed E-state index contributed by atoms with van der Waals surface area (Å²) >= 11 is 5.93. The molecule has 0 aromatic carbocycles. The lowest BCUT2D eigenvalue weighted by molar-refractivity contribution is -0.141. The Morgan fingerprint density at radius 2 is 1.90 bits per heavy atom. The van der Waals surface area contributed by atoms with Crippen LogP contribution < -0.4 is 11.3 Å². The molecule has 1 unspecified atom stereocenters. The van der Waals surface area contributed by atoms with Gasteiger partial charge in [-0.1, -0.05) is 11.6 Å². The Balaban J connectivity index is 0.00000112. The lowest BCUT2D eigenvalue weighted by Gasteiger charge is -2.19. The predicted octanol–water partition coefficient (Wildman–Crippen LogP) is 4.25. The van der Waals surface area contributed by atoms with Crippen molar-refractivity contribution in [1.82, 2.24) is 19.3 Å². The van der Waals surface area contributed by atoms with Crippen LogP contribution in [0.5, 0.6) is 0 Å². The van der Waals surface area contributed by atoms with E-state index in [-0.39, 0.29) is 23.4 Å². The van der Waals surface area contributed by atoms with Crippen LogP contribution in [0.25, 0.3) is 10.9 Å². The molecule has 0 saturated heterocycles. The zero-order valence-corrected chi connectivity index (χ0v) is 17.9. The van der Waals surface area contributed by atoms with Gasteiger partial charge in [-0.2, -0.15) is 18.3 Å². The highest BCUT2D eigenvalue weighted by Crippen LogP contribution is 2.48. The van der Waals surface area contributed by atoms with Crippen molar-refractivity contribution in [1.29, 1.82) is 0 Å². The zero-order chi connectivity index (χ0) is 22.5. The van der Waals surface area contributed by atoms with Crippen LogP contribution in [-0.2, 0) is 13.2 Å². The summed E-state index contributed by atoms with van der Waals surface area (Å²) in [6.07, 6.45) is 2.34. The van der Waals surface area contributed by atoms with Crippen molar-refractivity contribution < 1.29 is 13.2 Å². The van der Waals surface area contributed by atoms with E-state index in [0.29, 0.717) is 11.1 Å². The SMILES string of the molecule is CN.Cn1nc2c(=O)n(C3CC3)ccc2c1C(c1cnc(C(F)(F)F)c(Cl)c1)C1CC1. The predicted molar refractivity (Wildman–Crippen MR) is 112 cm³/mol. The Labute approximate surface area is 181 Å². The number of aryl methyl sites for hydroxylation is 1. The molecule has 0 aliphatic heterocycles. The second-order valence-electron chi connectivity index (χ2n) is 7.94. The van der Waals surface area contributed by atoms with Gasteiger partial charge in [0.1, 0.15) is 0 Å². The summed E-state index contributed by atoms with van der Waals surface area (Å²) < 4.78 is 42.6. The van der Waals surface area contributed by atoms with Crippen molar-refractivity contribution in [2.75, 3.05) is 7.05 Å². The Morgan fingerprint density at radius 1 is 1.23 bits per heavy atom. The van der Waals surface area contributed by atoms with Gasteiger partial charge in [-0.3, -0.25) is 14.5 Å². The van der Waals surface area contributed by atoms with Crippen LogP contribution >= 0.6 is 11.6 Å². The minimum Gasteiger partial charge on any atom is -0.333 e. The maximum atomic E-state index is 13.1. The highest BCUT2D eigenvalue weighted by Gasteiger charge is 2.40. The van der Waals surface area contributed by atoms with Crippen LogP contribution in [0.15, 0.2) is 29.3 Å². The van der Waals surface area contributed by atoms with E-state index in [1.54, 1.807) is 22.5 Å². The monoisotopic (exact) mass is 453 g/mol. The number of nitrogens with zero attached hydrogens (tertiary/aromatic N) is 4. The summed E-state index contributed by atoms with van der Waals surface area (Å²) in [6, 6.07) is 3.49. The summed E-state index contributed by atoms with van der Waals surface area (Å²) in [4.78, 5) is 16.5. The van der Waals surface area contributed by atoms with Crippen molar-refractivity contribution in [2.45, 2.75) is 43.8 Å². The molecular weight excluding hydrogens is 431 g/mol. The molecule has 3 heterocycles. The molecule has 2 aliphatic rings. The molecule has 2 aliphatic carbocycles. The Bertz CT molecular complexity index is 1180. The first-order chi connectivity index (χ1) is 14.8. The fraction of sp³-hybridized carbons (Fsp3) is 0.476. The number of aromatic nitrogens is 4. The Morgan fingerprint density at radius 3 is 2.45 bits per heavy atom. The van der Waals surface area contributed by atoms with Crippen LogP contribution in [0.4, 0.5) is 13.2 Å². The number of halogens is 4. The second kappa shape index (κ2) is 7.94. The molecule has 0 spiro atoms. The van der Waals surface area contributed by atoms with Gasteiger partial charge in [0.25, 0.3) is 5.56 Å². The minimum atomic E-state index is -4.60. The fourth-order valence-corrected chi connectivity index (χ4v) is 4.43. The average Bonchev–Trinajstić information content (AvgIpc) is 3.63. The number of hydrogen-bond donors (Lipinski definition) is 1. The van der Waals surface area contributed by atoms with Crippen molar-refractivity contribution in [2.24, 2.45) is 18.7 Å². The number of fused-ring (bicyclic) bond motifs is 1. The average molecular weight is 454 g/mol. The molecule has 0 amide bonds. The number of nitrogens with two attached hydrogens (primary N) is 1.